The van der Waals surface area contributed by atoms with Crippen LogP contribution in [-0.2, 0) is 23.9 Å². The summed E-state index contributed by atoms with van der Waals surface area (Å²) in [5.74, 6) is -1.09. The lowest BCUT2D eigenvalue weighted by Gasteiger charge is -2.30. The van der Waals surface area contributed by atoms with Gasteiger partial charge in [-0.25, -0.2) is 9.59 Å². The Balaban J connectivity index is 3.48. The molecule has 0 saturated heterocycles. The fourth-order valence-corrected chi connectivity index (χ4v) is 2.78. The van der Waals surface area contributed by atoms with Gasteiger partial charge >= 0.3 is 11.9 Å². The number of benzene rings is 1. The highest BCUT2D eigenvalue weighted by molar-refractivity contribution is 8.00. The van der Waals surface area contributed by atoms with Crippen LogP contribution in [0.1, 0.15) is 22.8 Å². The van der Waals surface area contributed by atoms with E-state index >= 15 is 0 Å². The number of esters is 2. The summed E-state index contributed by atoms with van der Waals surface area (Å²) in [5.41, 5.74) is 0.705. The molecule has 110 valence electrons. The number of hydrogen-bond donors (Lipinski definition) is 0. The van der Waals surface area contributed by atoms with Gasteiger partial charge in [-0.2, -0.15) is 0 Å². The Labute approximate surface area is 122 Å². The van der Waals surface area contributed by atoms with E-state index in [9.17, 15) is 9.59 Å². The Morgan fingerprint density at radius 3 is 2.35 bits per heavy atom. The Morgan fingerprint density at radius 2 is 1.85 bits per heavy atom. The third-order valence-electron chi connectivity index (χ3n) is 2.78. The van der Waals surface area contributed by atoms with Gasteiger partial charge in [0.05, 0.1) is 19.8 Å². The summed E-state index contributed by atoms with van der Waals surface area (Å²) in [7, 11) is 2.58. The van der Waals surface area contributed by atoms with Crippen LogP contribution in [0.5, 0.6) is 0 Å². The van der Waals surface area contributed by atoms with Gasteiger partial charge in [-0.3, -0.25) is 0 Å². The molecule has 0 radical (unpaired) electrons. The Kier molecular flexibility index (Phi) is 6.04. The minimum absolute atomic E-state index is 0.281. The summed E-state index contributed by atoms with van der Waals surface area (Å²) >= 11 is 1.17. The summed E-state index contributed by atoms with van der Waals surface area (Å²) < 4.78 is 15.2. The number of thioether (sulfide) groups is 1. The van der Waals surface area contributed by atoms with Gasteiger partial charge in [0.25, 0.3) is 0 Å². The van der Waals surface area contributed by atoms with Crippen molar-refractivity contribution in [1.82, 2.24) is 0 Å². The average molecular weight is 298 g/mol. The van der Waals surface area contributed by atoms with E-state index in [4.69, 9.17) is 14.2 Å². The zero-order valence-corrected chi connectivity index (χ0v) is 12.8. The molecule has 0 aliphatic carbocycles. The van der Waals surface area contributed by atoms with Gasteiger partial charge in [-0.1, -0.05) is 18.2 Å². The fourth-order valence-electron chi connectivity index (χ4n) is 1.89. The van der Waals surface area contributed by atoms with Crippen LogP contribution in [0.2, 0.25) is 0 Å². The normalized spacial score (nSPS) is 13.4. The van der Waals surface area contributed by atoms with Gasteiger partial charge in [0, 0.05) is 12.2 Å². The summed E-state index contributed by atoms with van der Waals surface area (Å²) in [6.45, 7) is 2.07. The molecule has 5 nitrogen and oxygen atoms in total. The second kappa shape index (κ2) is 7.31. The Morgan fingerprint density at radius 1 is 1.20 bits per heavy atom. The van der Waals surface area contributed by atoms with Crippen molar-refractivity contribution in [3.05, 3.63) is 35.4 Å². The van der Waals surface area contributed by atoms with Gasteiger partial charge in [0.2, 0.25) is 4.93 Å². The van der Waals surface area contributed by atoms with Gasteiger partial charge in [0.1, 0.15) is 0 Å². The number of hydrogen-bond acceptors (Lipinski definition) is 6. The van der Waals surface area contributed by atoms with E-state index in [1.165, 1.54) is 26.0 Å². The smallest absolute Gasteiger partial charge is 0.353 e. The van der Waals surface area contributed by atoms with Gasteiger partial charge < -0.3 is 14.2 Å². The van der Waals surface area contributed by atoms with Crippen LogP contribution in [0.4, 0.5) is 0 Å². The van der Waals surface area contributed by atoms with Crippen molar-refractivity contribution in [2.45, 2.75) is 11.9 Å². The van der Waals surface area contributed by atoms with E-state index in [1.54, 1.807) is 37.4 Å². The second-order valence-corrected chi connectivity index (χ2v) is 4.77. The molecule has 0 heterocycles. The van der Waals surface area contributed by atoms with E-state index in [0.717, 1.165) is 0 Å². The SMILES string of the molecule is CCOC(SC)(C(=O)OC)c1ccccc1C(=O)OC. The summed E-state index contributed by atoms with van der Waals surface area (Å²) in [5, 5.41) is 0. The van der Waals surface area contributed by atoms with Crippen molar-refractivity contribution < 1.29 is 23.8 Å². The van der Waals surface area contributed by atoms with Gasteiger partial charge in [0.15, 0.2) is 0 Å². The monoisotopic (exact) mass is 298 g/mol. The van der Waals surface area contributed by atoms with Gasteiger partial charge in [-0.15, -0.1) is 11.8 Å². The van der Waals surface area contributed by atoms with Crippen molar-refractivity contribution >= 4 is 23.7 Å². The number of carbonyl (C=O) groups is 2. The zero-order valence-electron chi connectivity index (χ0n) is 12.0. The molecule has 1 aromatic carbocycles. The van der Waals surface area contributed by atoms with Crippen LogP contribution in [0.15, 0.2) is 24.3 Å². The molecule has 20 heavy (non-hydrogen) atoms. The van der Waals surface area contributed by atoms with Crippen LogP contribution in [-0.4, -0.2) is 39.0 Å². The summed E-state index contributed by atoms with van der Waals surface area (Å²) in [6.07, 6.45) is 1.72. The molecular formula is C14H18O5S. The van der Waals surface area contributed by atoms with Crippen molar-refractivity contribution in [3.63, 3.8) is 0 Å². The highest BCUT2D eigenvalue weighted by Crippen LogP contribution is 2.39. The second-order valence-electron chi connectivity index (χ2n) is 3.78. The molecule has 0 saturated carbocycles. The molecule has 0 N–H and O–H groups in total. The quantitative estimate of drug-likeness (QED) is 0.592. The van der Waals surface area contributed by atoms with E-state index in [-0.39, 0.29) is 5.56 Å². The van der Waals surface area contributed by atoms with E-state index in [1.807, 2.05) is 0 Å². The van der Waals surface area contributed by atoms with Crippen LogP contribution in [0.25, 0.3) is 0 Å². The molecule has 1 atom stereocenters. The average Bonchev–Trinajstić information content (AvgIpc) is 2.51. The summed E-state index contributed by atoms with van der Waals surface area (Å²) in [4.78, 5) is 22.7. The highest BCUT2D eigenvalue weighted by atomic mass is 32.2. The first kappa shape index (κ1) is 16.5. The lowest BCUT2D eigenvalue weighted by Crippen LogP contribution is -2.38. The minimum atomic E-state index is -1.38. The lowest BCUT2D eigenvalue weighted by atomic mass is 10.0. The number of methoxy groups -OCH3 is 2. The molecule has 0 spiro atoms. The molecular weight excluding hydrogens is 280 g/mol. The van der Waals surface area contributed by atoms with Gasteiger partial charge in [-0.05, 0) is 19.2 Å². The number of carbonyl (C=O) groups excluding carboxylic acids is 2. The van der Waals surface area contributed by atoms with Crippen molar-refractivity contribution in [2.24, 2.45) is 0 Å². The zero-order chi connectivity index (χ0) is 15.2. The van der Waals surface area contributed by atoms with Crippen LogP contribution < -0.4 is 0 Å². The van der Waals surface area contributed by atoms with E-state index < -0.39 is 16.9 Å². The molecule has 1 unspecified atom stereocenters. The standard InChI is InChI=1S/C14H18O5S/c1-5-19-14(20-4,13(16)18-3)11-9-7-6-8-10(11)12(15)17-2/h6-9H,5H2,1-4H3. The van der Waals surface area contributed by atoms with E-state index in [0.29, 0.717) is 12.2 Å². The predicted octanol–water partition coefficient (Wildman–Crippen LogP) is 2.20. The molecule has 0 aromatic heterocycles. The molecule has 1 rings (SSSR count). The maximum Gasteiger partial charge on any atom is 0.353 e. The number of ether oxygens (including phenoxy) is 3. The number of rotatable bonds is 6. The van der Waals surface area contributed by atoms with E-state index in [2.05, 4.69) is 0 Å². The predicted molar refractivity (Wildman–Crippen MR) is 76.6 cm³/mol. The molecule has 0 aliphatic rings. The minimum Gasteiger partial charge on any atom is -0.466 e. The Bertz CT molecular complexity index is 488. The van der Waals surface area contributed by atoms with Crippen molar-refractivity contribution in [3.8, 4) is 0 Å². The van der Waals surface area contributed by atoms with Crippen LogP contribution in [0.3, 0.4) is 0 Å². The highest BCUT2D eigenvalue weighted by Gasteiger charge is 2.44. The molecule has 0 amide bonds. The summed E-state index contributed by atoms with van der Waals surface area (Å²) in [6, 6.07) is 6.68. The van der Waals surface area contributed by atoms with Crippen molar-refractivity contribution in [1.29, 1.82) is 0 Å². The molecule has 0 fully saturated rings. The molecule has 1 aromatic rings. The maximum atomic E-state index is 12.2. The third kappa shape index (κ3) is 2.96. The maximum absolute atomic E-state index is 12.2. The topological polar surface area (TPSA) is 61.8 Å². The molecule has 0 bridgehead atoms. The molecule has 0 aliphatic heterocycles. The first-order chi connectivity index (χ1) is 9.57. The third-order valence-corrected chi connectivity index (χ3v) is 3.86. The van der Waals surface area contributed by atoms with Crippen LogP contribution in [0, 0.1) is 0 Å². The van der Waals surface area contributed by atoms with Crippen molar-refractivity contribution in [2.75, 3.05) is 27.1 Å². The first-order valence-corrected chi connectivity index (χ1v) is 7.25. The van der Waals surface area contributed by atoms with Crippen LogP contribution >= 0.6 is 11.8 Å². The molecule has 6 heteroatoms. The Hall–Kier alpha value is -1.53. The first-order valence-electron chi connectivity index (χ1n) is 6.02. The largest absolute Gasteiger partial charge is 0.466 e. The lowest BCUT2D eigenvalue weighted by molar-refractivity contribution is -0.158. The fraction of sp³-hybridized carbons (Fsp3) is 0.429.